The van der Waals surface area contributed by atoms with Gasteiger partial charge in [0.1, 0.15) is 11.6 Å². The fourth-order valence-electron chi connectivity index (χ4n) is 2.17. The van der Waals surface area contributed by atoms with E-state index in [0.717, 1.165) is 0 Å². The molecule has 7 heteroatoms. The summed E-state index contributed by atoms with van der Waals surface area (Å²) in [7, 11) is 1.29. The van der Waals surface area contributed by atoms with Crippen molar-refractivity contribution in [2.24, 2.45) is 0 Å². The van der Waals surface area contributed by atoms with E-state index in [9.17, 15) is 14.4 Å². The van der Waals surface area contributed by atoms with E-state index >= 15 is 0 Å². The van der Waals surface area contributed by atoms with Crippen LogP contribution in [0.1, 0.15) is 40.5 Å². The van der Waals surface area contributed by atoms with Crippen LogP contribution in [0.15, 0.2) is 0 Å². The molecule has 0 aliphatic carbocycles. The zero-order chi connectivity index (χ0) is 16.2. The van der Waals surface area contributed by atoms with Gasteiger partial charge in [-0.2, -0.15) is 0 Å². The Morgan fingerprint density at radius 1 is 1.24 bits per heavy atom. The molecule has 0 aromatic carbocycles. The summed E-state index contributed by atoms with van der Waals surface area (Å²) in [6.45, 7) is 7.20. The first kappa shape index (κ1) is 17.8. The number of methoxy groups -OCH3 is 1. The first-order valence-corrected chi connectivity index (χ1v) is 7.76. The molecule has 1 aliphatic rings. The minimum atomic E-state index is -0.699. The van der Waals surface area contributed by atoms with Crippen LogP contribution in [0.4, 0.5) is 4.79 Å². The number of likely N-dealkylation sites (tertiary alicyclic amines) is 1. The Morgan fingerprint density at radius 2 is 1.86 bits per heavy atom. The molecular weight excluding hydrogens is 294 g/mol. The van der Waals surface area contributed by atoms with Crippen LogP contribution in [0.5, 0.6) is 0 Å². The highest BCUT2D eigenvalue weighted by Crippen LogP contribution is 2.29. The molecule has 1 fully saturated rings. The van der Waals surface area contributed by atoms with Crippen LogP contribution < -0.4 is 0 Å². The topological polar surface area (TPSA) is 72.9 Å². The van der Waals surface area contributed by atoms with E-state index in [1.807, 2.05) is 0 Å². The number of carbonyl (C=O) groups excluding carboxylic acids is 3. The smallest absolute Gasteiger partial charge is 0.411 e. The van der Waals surface area contributed by atoms with Crippen LogP contribution >= 0.6 is 11.8 Å². The molecule has 0 N–H and O–H groups in total. The highest BCUT2D eigenvalue weighted by atomic mass is 32.2. The maximum atomic E-state index is 12.2. The van der Waals surface area contributed by atoms with E-state index in [0.29, 0.717) is 19.4 Å². The second-order valence-corrected chi connectivity index (χ2v) is 7.45. The van der Waals surface area contributed by atoms with Gasteiger partial charge in [-0.1, -0.05) is 11.8 Å². The van der Waals surface area contributed by atoms with Crippen LogP contribution in [0.25, 0.3) is 0 Å². The maximum absolute atomic E-state index is 12.2. The molecule has 120 valence electrons. The third kappa shape index (κ3) is 5.57. The number of piperidine rings is 1. The van der Waals surface area contributed by atoms with Crippen LogP contribution in [0.2, 0.25) is 0 Å². The van der Waals surface area contributed by atoms with Gasteiger partial charge in [-0.15, -0.1) is 0 Å². The quantitative estimate of drug-likeness (QED) is 0.727. The Kier molecular flexibility index (Phi) is 6.07. The number of amides is 1. The van der Waals surface area contributed by atoms with Crippen LogP contribution in [-0.2, 0) is 19.1 Å². The van der Waals surface area contributed by atoms with Crippen molar-refractivity contribution >= 4 is 28.9 Å². The number of esters is 1. The number of hydrogen-bond donors (Lipinski definition) is 0. The number of nitrogens with zero attached hydrogens (tertiary/aromatic N) is 1. The lowest BCUT2D eigenvalue weighted by molar-refractivity contribution is -0.148. The summed E-state index contributed by atoms with van der Waals surface area (Å²) in [4.78, 5) is 36.7. The molecule has 0 saturated carbocycles. The molecule has 0 bridgehead atoms. The van der Waals surface area contributed by atoms with E-state index in [-0.39, 0.29) is 10.4 Å². The monoisotopic (exact) mass is 317 g/mol. The Labute approximate surface area is 129 Å². The van der Waals surface area contributed by atoms with Gasteiger partial charge < -0.3 is 9.47 Å². The normalized spacial score (nSPS) is 22.6. The molecule has 1 amide bonds. The van der Waals surface area contributed by atoms with E-state index < -0.39 is 23.7 Å². The average Bonchev–Trinajstić information content (AvgIpc) is 2.34. The van der Waals surface area contributed by atoms with Crippen molar-refractivity contribution < 1.29 is 23.9 Å². The van der Waals surface area contributed by atoms with Gasteiger partial charge in [-0.05, 0) is 33.6 Å². The standard InChI is InChI=1S/C14H23NO5S/c1-9(16)21-10-6-7-15(11(8-10)12(17)19-5)13(18)20-14(2,3)4/h10-11H,6-8H2,1-5H3/t10-,11+/m1/s1. The van der Waals surface area contributed by atoms with Crippen molar-refractivity contribution in [3.8, 4) is 0 Å². The number of carbonyl (C=O) groups is 3. The maximum Gasteiger partial charge on any atom is 0.411 e. The summed E-state index contributed by atoms with van der Waals surface area (Å²) in [5.41, 5.74) is -0.622. The summed E-state index contributed by atoms with van der Waals surface area (Å²) in [5, 5.41) is 0.0274. The molecule has 1 saturated heterocycles. The molecule has 0 aromatic rings. The zero-order valence-electron chi connectivity index (χ0n) is 13.2. The van der Waals surface area contributed by atoms with Gasteiger partial charge in [-0.3, -0.25) is 9.69 Å². The molecule has 0 radical (unpaired) electrons. The zero-order valence-corrected chi connectivity index (χ0v) is 14.0. The minimum absolute atomic E-state index is 0.00864. The van der Waals surface area contributed by atoms with Gasteiger partial charge >= 0.3 is 12.1 Å². The summed E-state index contributed by atoms with van der Waals surface area (Å²) in [5.74, 6) is -0.477. The second kappa shape index (κ2) is 7.15. The average molecular weight is 317 g/mol. The van der Waals surface area contributed by atoms with Crippen molar-refractivity contribution in [3.05, 3.63) is 0 Å². The van der Waals surface area contributed by atoms with Gasteiger partial charge in [0.2, 0.25) is 0 Å². The molecule has 2 atom stereocenters. The third-order valence-electron chi connectivity index (χ3n) is 2.99. The van der Waals surface area contributed by atoms with Gasteiger partial charge in [0, 0.05) is 18.7 Å². The summed E-state index contributed by atoms with van der Waals surface area (Å²) >= 11 is 1.21. The van der Waals surface area contributed by atoms with Gasteiger partial charge in [0.15, 0.2) is 5.12 Å². The van der Waals surface area contributed by atoms with Crippen molar-refractivity contribution in [1.82, 2.24) is 4.90 Å². The minimum Gasteiger partial charge on any atom is -0.467 e. The predicted molar refractivity (Wildman–Crippen MR) is 80.0 cm³/mol. The van der Waals surface area contributed by atoms with Gasteiger partial charge in [-0.25, -0.2) is 9.59 Å². The van der Waals surface area contributed by atoms with Crippen LogP contribution in [0.3, 0.4) is 0 Å². The molecule has 6 nitrogen and oxygen atoms in total. The molecule has 21 heavy (non-hydrogen) atoms. The summed E-state index contributed by atoms with van der Waals surface area (Å²) < 4.78 is 10.1. The van der Waals surface area contributed by atoms with E-state index in [1.54, 1.807) is 20.8 Å². The molecule has 0 aromatic heterocycles. The molecule has 1 rings (SSSR count). The van der Waals surface area contributed by atoms with Gasteiger partial charge in [0.25, 0.3) is 0 Å². The number of thioether (sulfide) groups is 1. The second-order valence-electron chi connectivity index (χ2n) is 5.97. The highest BCUT2D eigenvalue weighted by Gasteiger charge is 2.39. The Morgan fingerprint density at radius 3 is 2.33 bits per heavy atom. The Hall–Kier alpha value is -1.24. The first-order valence-electron chi connectivity index (χ1n) is 6.88. The van der Waals surface area contributed by atoms with Crippen molar-refractivity contribution in [3.63, 3.8) is 0 Å². The fraction of sp³-hybridized carbons (Fsp3) is 0.786. The molecule has 1 aliphatic heterocycles. The molecule has 1 heterocycles. The Bertz CT molecular complexity index is 418. The van der Waals surface area contributed by atoms with E-state index in [4.69, 9.17) is 9.47 Å². The molecule has 0 spiro atoms. The van der Waals surface area contributed by atoms with Crippen molar-refractivity contribution in [2.45, 2.75) is 57.4 Å². The highest BCUT2D eigenvalue weighted by molar-refractivity contribution is 8.14. The lowest BCUT2D eigenvalue weighted by atomic mass is 10.0. The first-order chi connectivity index (χ1) is 9.64. The lowest BCUT2D eigenvalue weighted by Gasteiger charge is -2.37. The van der Waals surface area contributed by atoms with Crippen molar-refractivity contribution in [1.29, 1.82) is 0 Å². The van der Waals surface area contributed by atoms with Crippen molar-refractivity contribution in [2.75, 3.05) is 13.7 Å². The van der Waals surface area contributed by atoms with Crippen LogP contribution in [0, 0.1) is 0 Å². The number of rotatable bonds is 2. The Balaban J connectivity index is 2.81. The lowest BCUT2D eigenvalue weighted by Crippen LogP contribution is -2.52. The van der Waals surface area contributed by atoms with E-state index in [2.05, 4.69) is 0 Å². The predicted octanol–water partition coefficient (Wildman–Crippen LogP) is 2.21. The summed E-state index contributed by atoms with van der Waals surface area (Å²) in [6.07, 6.45) is 0.525. The van der Waals surface area contributed by atoms with E-state index in [1.165, 1.54) is 30.7 Å². The van der Waals surface area contributed by atoms with Gasteiger partial charge in [0.05, 0.1) is 7.11 Å². The molecule has 0 unspecified atom stereocenters. The summed E-state index contributed by atoms with van der Waals surface area (Å²) in [6, 6.07) is -0.699. The SMILES string of the molecule is COC(=O)[C@@H]1C[C@H](SC(C)=O)CCN1C(=O)OC(C)(C)C. The van der Waals surface area contributed by atoms with Crippen LogP contribution in [-0.4, -0.2) is 52.6 Å². The number of ether oxygens (including phenoxy) is 2. The number of hydrogen-bond acceptors (Lipinski definition) is 6. The molecular formula is C14H23NO5S. The third-order valence-corrected chi connectivity index (χ3v) is 4.08. The fourth-order valence-corrected chi connectivity index (χ4v) is 3.14. The largest absolute Gasteiger partial charge is 0.467 e.